The minimum atomic E-state index is -0.676. The number of hydrogen-bond donors (Lipinski definition) is 2. The van der Waals surface area contributed by atoms with Gasteiger partial charge < -0.3 is 15.0 Å². The number of carbonyl (C=O) groups excluding carboxylic acids is 1. The number of hydrogen-bond acceptors (Lipinski definition) is 3. The lowest BCUT2D eigenvalue weighted by atomic mass is 9.76. The van der Waals surface area contributed by atoms with E-state index in [9.17, 15) is 4.79 Å². The van der Waals surface area contributed by atoms with Crippen molar-refractivity contribution in [1.29, 1.82) is 0 Å². The smallest absolute Gasteiger partial charge is 0.334 e. The van der Waals surface area contributed by atoms with E-state index in [0.717, 1.165) is 17.5 Å². The summed E-state index contributed by atoms with van der Waals surface area (Å²) < 4.78 is 5.81. The number of esters is 1. The Balaban J connectivity index is 2.06. The predicted molar refractivity (Wildman–Crippen MR) is 76.4 cm³/mol. The number of fused-ring (bicyclic) bond motifs is 1. The number of rotatable bonds is 1. The first-order chi connectivity index (χ1) is 9.65. The summed E-state index contributed by atoms with van der Waals surface area (Å²) >= 11 is 0. The van der Waals surface area contributed by atoms with Gasteiger partial charge in [0.2, 0.25) is 0 Å². The number of nitrogens with one attached hydrogen (secondary N) is 2. The number of likely N-dealkylation sites (N-methyl/N-ethyl adjacent to an activating group) is 1. The van der Waals surface area contributed by atoms with E-state index in [1.807, 2.05) is 26.1 Å². The quantitative estimate of drug-likeness (QED) is 0.778. The summed E-state index contributed by atoms with van der Waals surface area (Å²) in [5.41, 5.74) is 3.45. The highest BCUT2D eigenvalue weighted by Gasteiger charge is 2.50. The number of aromatic nitrogens is 1. The van der Waals surface area contributed by atoms with E-state index >= 15 is 0 Å². The molecule has 2 aliphatic rings. The van der Waals surface area contributed by atoms with Crippen LogP contribution >= 0.6 is 0 Å². The molecule has 102 valence electrons. The Kier molecular flexibility index (Phi) is 2.19. The van der Waals surface area contributed by atoms with Gasteiger partial charge in [-0.15, -0.1) is 0 Å². The normalized spacial score (nSPS) is 28.0. The second-order valence-electron chi connectivity index (χ2n) is 5.60. The summed E-state index contributed by atoms with van der Waals surface area (Å²) in [6.07, 6.45) is 4.87. The average molecular weight is 268 g/mol. The van der Waals surface area contributed by atoms with Crippen LogP contribution in [-0.2, 0) is 21.6 Å². The van der Waals surface area contributed by atoms with Crippen LogP contribution in [0.25, 0.3) is 10.9 Å². The maximum absolute atomic E-state index is 12.0. The standard InChI is InChI=1S/C16H16N2O2/c1-9-7-16(20-15(9)19)11-4-3-5-12-14(11)10(8-18-12)6-13(16)17-2/h3-5,7-8,13,17-18H,6H2,1-2H3/t13-,16-/m1/s1. The van der Waals surface area contributed by atoms with Crippen LogP contribution in [-0.4, -0.2) is 24.0 Å². The molecule has 1 aliphatic heterocycles. The fourth-order valence-corrected chi connectivity index (χ4v) is 3.57. The average Bonchev–Trinajstić information content (AvgIpc) is 2.98. The van der Waals surface area contributed by atoms with Crippen LogP contribution in [0.1, 0.15) is 18.1 Å². The maximum atomic E-state index is 12.0. The van der Waals surface area contributed by atoms with Gasteiger partial charge >= 0.3 is 5.97 Å². The highest BCUT2D eigenvalue weighted by molar-refractivity contribution is 5.95. The fraction of sp³-hybridized carbons (Fsp3) is 0.312. The lowest BCUT2D eigenvalue weighted by molar-refractivity contribution is -0.149. The molecule has 2 atom stereocenters. The van der Waals surface area contributed by atoms with E-state index in [4.69, 9.17) is 4.74 Å². The van der Waals surface area contributed by atoms with E-state index in [0.29, 0.717) is 5.57 Å². The molecule has 0 saturated carbocycles. The second-order valence-corrected chi connectivity index (χ2v) is 5.60. The predicted octanol–water partition coefficient (Wildman–Crippen LogP) is 2.01. The zero-order chi connectivity index (χ0) is 13.9. The highest BCUT2D eigenvalue weighted by atomic mass is 16.6. The molecule has 2 N–H and O–H groups in total. The van der Waals surface area contributed by atoms with Gasteiger partial charge in [0, 0.05) is 28.2 Å². The molecule has 4 rings (SSSR count). The van der Waals surface area contributed by atoms with Crippen molar-refractivity contribution in [1.82, 2.24) is 10.3 Å². The summed E-state index contributed by atoms with van der Waals surface area (Å²) in [7, 11) is 1.92. The van der Waals surface area contributed by atoms with Gasteiger partial charge in [0.05, 0.1) is 6.04 Å². The number of benzene rings is 1. The van der Waals surface area contributed by atoms with Crippen molar-refractivity contribution in [3.8, 4) is 0 Å². The van der Waals surface area contributed by atoms with Gasteiger partial charge in [-0.05, 0) is 38.1 Å². The number of H-pyrrole nitrogens is 1. The van der Waals surface area contributed by atoms with Gasteiger partial charge in [-0.1, -0.05) is 12.1 Å². The van der Waals surface area contributed by atoms with Crippen molar-refractivity contribution < 1.29 is 9.53 Å². The number of carbonyl (C=O) groups is 1. The minimum absolute atomic E-state index is 0.0535. The molecule has 4 nitrogen and oxygen atoms in total. The van der Waals surface area contributed by atoms with Crippen molar-refractivity contribution in [2.45, 2.75) is 25.0 Å². The third-order valence-electron chi connectivity index (χ3n) is 4.51. The SMILES string of the molecule is CN[C@@H]1Cc2c[nH]c3cccc(c23)[C@]12C=C(C)C(=O)O2. The van der Waals surface area contributed by atoms with Crippen molar-refractivity contribution in [2.75, 3.05) is 7.05 Å². The first-order valence-corrected chi connectivity index (χ1v) is 6.85. The fourth-order valence-electron chi connectivity index (χ4n) is 3.57. The van der Waals surface area contributed by atoms with Gasteiger partial charge in [0.1, 0.15) is 0 Å². The molecule has 0 unspecified atom stereocenters. The Morgan fingerprint density at radius 1 is 1.45 bits per heavy atom. The second kappa shape index (κ2) is 3.73. The molecule has 0 amide bonds. The van der Waals surface area contributed by atoms with Crippen LogP contribution in [0.15, 0.2) is 36.0 Å². The summed E-state index contributed by atoms with van der Waals surface area (Å²) in [5.74, 6) is -0.221. The zero-order valence-corrected chi connectivity index (χ0v) is 11.5. The van der Waals surface area contributed by atoms with Crippen LogP contribution in [0.5, 0.6) is 0 Å². The van der Waals surface area contributed by atoms with E-state index in [-0.39, 0.29) is 12.0 Å². The van der Waals surface area contributed by atoms with Crippen LogP contribution in [0.3, 0.4) is 0 Å². The number of aromatic amines is 1. The van der Waals surface area contributed by atoms with Gasteiger partial charge in [-0.25, -0.2) is 4.79 Å². The Labute approximate surface area is 116 Å². The molecule has 1 aliphatic carbocycles. The third kappa shape index (κ3) is 1.27. The lowest BCUT2D eigenvalue weighted by Crippen LogP contribution is -2.50. The number of ether oxygens (including phenoxy) is 1. The molecule has 0 radical (unpaired) electrons. The summed E-state index contributed by atoms with van der Waals surface area (Å²) in [4.78, 5) is 15.3. The van der Waals surface area contributed by atoms with Gasteiger partial charge in [0.15, 0.2) is 5.60 Å². The zero-order valence-electron chi connectivity index (χ0n) is 11.5. The molecular weight excluding hydrogens is 252 g/mol. The van der Waals surface area contributed by atoms with Crippen molar-refractivity contribution in [2.24, 2.45) is 0 Å². The van der Waals surface area contributed by atoms with Crippen LogP contribution in [0, 0.1) is 0 Å². The molecular formula is C16H16N2O2. The van der Waals surface area contributed by atoms with Crippen molar-refractivity contribution in [3.05, 3.63) is 47.2 Å². The molecule has 20 heavy (non-hydrogen) atoms. The van der Waals surface area contributed by atoms with Gasteiger partial charge in [-0.3, -0.25) is 0 Å². The molecule has 0 bridgehead atoms. The van der Waals surface area contributed by atoms with Crippen LogP contribution in [0.2, 0.25) is 0 Å². The molecule has 1 spiro atoms. The lowest BCUT2D eigenvalue weighted by Gasteiger charge is -2.39. The maximum Gasteiger partial charge on any atom is 0.334 e. The van der Waals surface area contributed by atoms with Gasteiger partial charge in [0.25, 0.3) is 0 Å². The highest BCUT2D eigenvalue weighted by Crippen LogP contribution is 2.46. The van der Waals surface area contributed by atoms with Gasteiger partial charge in [-0.2, -0.15) is 0 Å². The topological polar surface area (TPSA) is 54.1 Å². The van der Waals surface area contributed by atoms with Crippen LogP contribution < -0.4 is 5.32 Å². The molecule has 2 aromatic rings. The van der Waals surface area contributed by atoms with Crippen molar-refractivity contribution >= 4 is 16.9 Å². The van der Waals surface area contributed by atoms with E-state index < -0.39 is 5.60 Å². The summed E-state index contributed by atoms with van der Waals surface area (Å²) in [5, 5.41) is 4.51. The molecule has 1 aromatic heterocycles. The third-order valence-corrected chi connectivity index (χ3v) is 4.51. The monoisotopic (exact) mass is 268 g/mol. The van der Waals surface area contributed by atoms with Crippen LogP contribution in [0.4, 0.5) is 0 Å². The summed E-state index contributed by atoms with van der Waals surface area (Å²) in [6, 6.07) is 6.18. The summed E-state index contributed by atoms with van der Waals surface area (Å²) in [6.45, 7) is 1.82. The minimum Gasteiger partial charge on any atom is -0.445 e. The molecule has 0 saturated heterocycles. The Morgan fingerprint density at radius 2 is 2.30 bits per heavy atom. The molecule has 4 heteroatoms. The molecule has 0 fully saturated rings. The van der Waals surface area contributed by atoms with E-state index in [1.165, 1.54) is 10.9 Å². The van der Waals surface area contributed by atoms with E-state index in [1.54, 1.807) is 0 Å². The molecule has 2 heterocycles. The molecule has 1 aromatic carbocycles. The first-order valence-electron chi connectivity index (χ1n) is 6.85. The first kappa shape index (κ1) is 11.7. The Bertz CT molecular complexity index is 759. The van der Waals surface area contributed by atoms with Crippen molar-refractivity contribution in [3.63, 3.8) is 0 Å². The Hall–Kier alpha value is -2.07. The largest absolute Gasteiger partial charge is 0.445 e. The Morgan fingerprint density at radius 3 is 3.00 bits per heavy atom. The van der Waals surface area contributed by atoms with E-state index in [2.05, 4.69) is 28.6 Å².